The fourth-order valence-electron chi connectivity index (χ4n) is 2.13. The highest BCUT2D eigenvalue weighted by Gasteiger charge is 2.08. The van der Waals surface area contributed by atoms with Gasteiger partial charge in [0.1, 0.15) is 5.82 Å². The van der Waals surface area contributed by atoms with Crippen molar-refractivity contribution in [1.82, 2.24) is 19.3 Å². The number of nitrogens with zero attached hydrogens (tertiary/aromatic N) is 5. The van der Waals surface area contributed by atoms with Crippen LogP contribution in [0.15, 0.2) is 30.5 Å². The van der Waals surface area contributed by atoms with Gasteiger partial charge < -0.3 is 9.13 Å². The van der Waals surface area contributed by atoms with E-state index in [1.54, 1.807) is 0 Å². The van der Waals surface area contributed by atoms with Crippen LogP contribution in [0, 0.1) is 18.3 Å². The van der Waals surface area contributed by atoms with Crippen molar-refractivity contribution in [2.75, 3.05) is 0 Å². The van der Waals surface area contributed by atoms with Crippen molar-refractivity contribution >= 4 is 10.9 Å². The van der Waals surface area contributed by atoms with E-state index in [0.29, 0.717) is 12.1 Å². The normalized spacial score (nSPS) is 10.8. The van der Waals surface area contributed by atoms with Crippen molar-refractivity contribution in [3.8, 4) is 6.07 Å². The van der Waals surface area contributed by atoms with Gasteiger partial charge >= 0.3 is 0 Å². The number of aryl methyl sites for hydroxylation is 1. The number of hydrogen-bond acceptors (Lipinski definition) is 3. The van der Waals surface area contributed by atoms with Gasteiger partial charge in [-0.05, 0) is 30.5 Å². The van der Waals surface area contributed by atoms with Crippen LogP contribution in [0.1, 0.15) is 17.2 Å². The molecule has 0 radical (unpaired) electrons. The van der Waals surface area contributed by atoms with Crippen molar-refractivity contribution in [3.63, 3.8) is 0 Å². The van der Waals surface area contributed by atoms with E-state index in [2.05, 4.69) is 20.8 Å². The van der Waals surface area contributed by atoms with Crippen LogP contribution in [0.3, 0.4) is 0 Å². The summed E-state index contributed by atoms with van der Waals surface area (Å²) >= 11 is 0. The summed E-state index contributed by atoms with van der Waals surface area (Å²) in [5.74, 6) is 1.79. The molecule has 3 aromatic rings. The average Bonchev–Trinajstić information content (AvgIpc) is 2.97. The summed E-state index contributed by atoms with van der Waals surface area (Å²) in [5, 5.41) is 18.3. The van der Waals surface area contributed by atoms with Gasteiger partial charge in [0.25, 0.3) is 0 Å². The lowest BCUT2D eigenvalue weighted by Gasteiger charge is -2.05. The Labute approximate surface area is 110 Å². The Bertz CT molecular complexity index is 788. The minimum absolute atomic E-state index is 0.649. The fraction of sp³-hybridized carbons (Fsp3) is 0.214. The Hall–Kier alpha value is -2.61. The summed E-state index contributed by atoms with van der Waals surface area (Å²) < 4.78 is 4.06. The molecule has 2 aromatic heterocycles. The number of rotatable bonds is 2. The largest absolute Gasteiger partial charge is 0.340 e. The van der Waals surface area contributed by atoms with Gasteiger partial charge in [0.15, 0.2) is 5.82 Å². The van der Waals surface area contributed by atoms with Gasteiger partial charge in [-0.25, -0.2) is 0 Å². The van der Waals surface area contributed by atoms with Crippen molar-refractivity contribution in [1.29, 1.82) is 5.26 Å². The lowest BCUT2D eigenvalue weighted by atomic mass is 10.2. The van der Waals surface area contributed by atoms with Gasteiger partial charge in [0.05, 0.1) is 18.2 Å². The Morgan fingerprint density at radius 1 is 1.26 bits per heavy atom. The highest BCUT2D eigenvalue weighted by molar-refractivity contribution is 5.81. The number of fused-ring (bicyclic) bond motifs is 1. The van der Waals surface area contributed by atoms with Crippen molar-refractivity contribution in [3.05, 3.63) is 47.7 Å². The molecule has 5 heteroatoms. The van der Waals surface area contributed by atoms with Crippen LogP contribution in [0.4, 0.5) is 0 Å². The first kappa shape index (κ1) is 11.5. The molecule has 1 aromatic carbocycles. The molecule has 0 bridgehead atoms. The van der Waals surface area contributed by atoms with E-state index < -0.39 is 0 Å². The first-order valence-corrected chi connectivity index (χ1v) is 6.03. The van der Waals surface area contributed by atoms with Gasteiger partial charge in [0.2, 0.25) is 0 Å². The molecule has 0 N–H and O–H groups in total. The summed E-state index contributed by atoms with van der Waals surface area (Å²) in [7, 11) is 1.96. The molecule has 0 amide bonds. The van der Waals surface area contributed by atoms with Gasteiger partial charge in [-0.3, -0.25) is 0 Å². The summed E-state index contributed by atoms with van der Waals surface area (Å²) in [6.07, 6.45) is 2.01. The standard InChI is InChI=1S/C14H13N5/c1-10-16-17-14(18(10)2)9-19-6-5-12-4-3-11(8-15)7-13(12)19/h3-7H,9H2,1-2H3. The first-order valence-electron chi connectivity index (χ1n) is 6.03. The van der Waals surface area contributed by atoms with Gasteiger partial charge in [-0.2, -0.15) is 5.26 Å². The SMILES string of the molecule is Cc1nnc(Cn2ccc3ccc(C#N)cc32)n1C. The maximum Gasteiger partial charge on any atom is 0.152 e. The van der Waals surface area contributed by atoms with E-state index in [1.807, 2.05) is 49.0 Å². The van der Waals surface area contributed by atoms with E-state index >= 15 is 0 Å². The van der Waals surface area contributed by atoms with Crippen LogP contribution in [-0.4, -0.2) is 19.3 Å². The molecule has 0 atom stereocenters. The number of aromatic nitrogens is 4. The Morgan fingerprint density at radius 2 is 2.11 bits per heavy atom. The zero-order valence-electron chi connectivity index (χ0n) is 10.8. The second kappa shape index (κ2) is 4.25. The Balaban J connectivity index is 2.06. The fourth-order valence-corrected chi connectivity index (χ4v) is 2.13. The summed E-state index contributed by atoms with van der Waals surface area (Å²) in [4.78, 5) is 0. The molecule has 94 valence electrons. The minimum Gasteiger partial charge on any atom is -0.340 e. The number of benzene rings is 1. The Morgan fingerprint density at radius 3 is 2.79 bits per heavy atom. The van der Waals surface area contributed by atoms with E-state index in [1.165, 1.54) is 0 Å². The molecular formula is C14H13N5. The van der Waals surface area contributed by atoms with Crippen molar-refractivity contribution in [2.45, 2.75) is 13.5 Å². The third-order valence-corrected chi connectivity index (χ3v) is 3.40. The second-order valence-corrected chi connectivity index (χ2v) is 4.55. The van der Waals surface area contributed by atoms with Crippen molar-refractivity contribution < 1.29 is 0 Å². The molecule has 19 heavy (non-hydrogen) atoms. The molecule has 0 fully saturated rings. The van der Waals surface area contributed by atoms with Crippen LogP contribution in [-0.2, 0) is 13.6 Å². The minimum atomic E-state index is 0.649. The predicted molar refractivity (Wildman–Crippen MR) is 71.5 cm³/mol. The summed E-state index contributed by atoms with van der Waals surface area (Å²) in [5.41, 5.74) is 1.71. The zero-order valence-corrected chi connectivity index (χ0v) is 10.8. The highest BCUT2D eigenvalue weighted by Crippen LogP contribution is 2.18. The lowest BCUT2D eigenvalue weighted by Crippen LogP contribution is -2.05. The van der Waals surface area contributed by atoms with Crippen LogP contribution in [0.2, 0.25) is 0 Å². The van der Waals surface area contributed by atoms with Crippen LogP contribution in [0.25, 0.3) is 10.9 Å². The molecule has 0 spiro atoms. The maximum atomic E-state index is 8.98. The highest BCUT2D eigenvalue weighted by atomic mass is 15.3. The summed E-state index contributed by atoms with van der Waals surface area (Å²) in [6.45, 7) is 2.58. The van der Waals surface area contributed by atoms with Gasteiger partial charge in [0, 0.05) is 18.8 Å². The monoisotopic (exact) mass is 251 g/mol. The maximum absolute atomic E-state index is 8.98. The van der Waals surface area contributed by atoms with E-state index in [0.717, 1.165) is 22.6 Å². The smallest absolute Gasteiger partial charge is 0.152 e. The molecule has 5 nitrogen and oxygen atoms in total. The predicted octanol–water partition coefficient (Wildman–Crippen LogP) is 2.00. The Kier molecular flexibility index (Phi) is 2.57. The molecule has 3 rings (SSSR count). The van der Waals surface area contributed by atoms with Crippen LogP contribution in [0.5, 0.6) is 0 Å². The average molecular weight is 251 g/mol. The molecular weight excluding hydrogens is 238 g/mol. The molecule has 2 heterocycles. The molecule has 0 unspecified atom stereocenters. The molecule has 0 saturated carbocycles. The van der Waals surface area contributed by atoms with Crippen LogP contribution >= 0.6 is 0 Å². The molecule has 0 aliphatic rings. The first-order chi connectivity index (χ1) is 9.19. The van der Waals surface area contributed by atoms with E-state index in [-0.39, 0.29) is 0 Å². The van der Waals surface area contributed by atoms with Crippen LogP contribution < -0.4 is 0 Å². The summed E-state index contributed by atoms with van der Waals surface area (Å²) in [6, 6.07) is 9.91. The second-order valence-electron chi connectivity index (χ2n) is 4.55. The number of hydrogen-bond donors (Lipinski definition) is 0. The zero-order chi connectivity index (χ0) is 13.4. The topological polar surface area (TPSA) is 59.4 Å². The third kappa shape index (κ3) is 1.87. The quantitative estimate of drug-likeness (QED) is 0.700. The van der Waals surface area contributed by atoms with E-state index in [9.17, 15) is 0 Å². The van der Waals surface area contributed by atoms with Gasteiger partial charge in [-0.15, -0.1) is 10.2 Å². The van der Waals surface area contributed by atoms with E-state index in [4.69, 9.17) is 5.26 Å². The third-order valence-electron chi connectivity index (χ3n) is 3.40. The van der Waals surface area contributed by atoms with Crippen molar-refractivity contribution in [2.24, 2.45) is 7.05 Å². The number of nitriles is 1. The molecule has 0 aliphatic heterocycles. The van der Waals surface area contributed by atoms with Gasteiger partial charge in [-0.1, -0.05) is 6.07 Å². The lowest BCUT2D eigenvalue weighted by molar-refractivity contribution is 0.708. The molecule has 0 saturated heterocycles. The molecule has 0 aliphatic carbocycles.